The molecule has 1 heterocycles. The van der Waals surface area contributed by atoms with E-state index in [4.69, 9.17) is 5.73 Å². The van der Waals surface area contributed by atoms with Crippen LogP contribution in [0.3, 0.4) is 0 Å². The fraction of sp³-hybridized carbons (Fsp3) is 0.714. The van der Waals surface area contributed by atoms with Gasteiger partial charge in [-0.15, -0.1) is 0 Å². The number of nitrogens with zero attached hydrogens (tertiary/aromatic N) is 1. The molecule has 5 atom stereocenters. The van der Waals surface area contributed by atoms with Crippen LogP contribution in [0.2, 0.25) is 0 Å². The van der Waals surface area contributed by atoms with Crippen LogP contribution >= 0.6 is 0 Å². The van der Waals surface area contributed by atoms with Crippen molar-refractivity contribution in [2.45, 2.75) is 38.1 Å². The van der Waals surface area contributed by atoms with E-state index in [-0.39, 0.29) is 48.3 Å². The molecule has 3 amide bonds. The van der Waals surface area contributed by atoms with Crippen molar-refractivity contribution in [3.63, 3.8) is 0 Å². The molecule has 3 fully saturated rings. The molecule has 3 aliphatic rings. The first-order valence-corrected chi connectivity index (χ1v) is 7.30. The lowest BCUT2D eigenvalue weighted by molar-refractivity contribution is -0.156. The van der Waals surface area contributed by atoms with E-state index < -0.39 is 17.9 Å². The Morgan fingerprint density at radius 3 is 2.14 bits per heavy atom. The maximum absolute atomic E-state index is 12.5. The number of primary amides is 1. The Hall–Kier alpha value is -1.92. The molecule has 7 nitrogen and oxygen atoms in total. The summed E-state index contributed by atoms with van der Waals surface area (Å²) in [6.45, 7) is 0. The highest BCUT2D eigenvalue weighted by Gasteiger charge is 2.62. The molecule has 3 N–H and O–H groups in total. The van der Waals surface area contributed by atoms with Crippen LogP contribution in [0.1, 0.15) is 32.1 Å². The van der Waals surface area contributed by atoms with Gasteiger partial charge in [-0.1, -0.05) is 0 Å². The van der Waals surface area contributed by atoms with Crippen molar-refractivity contribution < 1.29 is 24.3 Å². The van der Waals surface area contributed by atoms with Crippen molar-refractivity contribution in [1.29, 1.82) is 0 Å². The van der Waals surface area contributed by atoms with Crippen molar-refractivity contribution in [2.24, 2.45) is 29.4 Å². The number of amides is 3. The molecule has 7 heteroatoms. The maximum Gasteiger partial charge on any atom is 0.326 e. The van der Waals surface area contributed by atoms with Crippen LogP contribution < -0.4 is 5.73 Å². The number of hydrogen-bond acceptors (Lipinski definition) is 4. The van der Waals surface area contributed by atoms with Gasteiger partial charge in [-0.05, 0) is 37.5 Å². The molecule has 0 radical (unpaired) electrons. The van der Waals surface area contributed by atoms with Gasteiger partial charge in [0, 0.05) is 6.42 Å². The highest BCUT2D eigenvalue weighted by Crippen LogP contribution is 2.56. The number of imide groups is 1. The van der Waals surface area contributed by atoms with E-state index >= 15 is 0 Å². The minimum Gasteiger partial charge on any atom is -0.480 e. The number of hydrogen-bond donors (Lipinski definition) is 2. The number of likely N-dealkylation sites (tertiary alicyclic amines) is 1. The van der Waals surface area contributed by atoms with Gasteiger partial charge in [0.15, 0.2) is 0 Å². The molecule has 1 saturated heterocycles. The molecule has 0 spiro atoms. The van der Waals surface area contributed by atoms with Crippen LogP contribution in [-0.2, 0) is 19.2 Å². The first-order chi connectivity index (χ1) is 9.91. The van der Waals surface area contributed by atoms with Crippen LogP contribution in [0.15, 0.2) is 0 Å². The standard InChI is InChI=1S/C14H18N2O5/c15-9(17)4-3-8(14(20)21)16-12(18)10-6-1-2-7(5-6)11(10)13(16)19/h6-8,10-11H,1-5H2,(H2,15,17)(H,20,21)/t6-,7-,8-,10+,11+/m0/s1. The predicted octanol–water partition coefficient (Wildman–Crippen LogP) is -0.264. The second-order valence-electron chi connectivity index (χ2n) is 6.29. The van der Waals surface area contributed by atoms with Crippen molar-refractivity contribution in [3.05, 3.63) is 0 Å². The summed E-state index contributed by atoms with van der Waals surface area (Å²) in [5.74, 6) is -2.88. The Balaban J connectivity index is 1.84. The molecule has 21 heavy (non-hydrogen) atoms. The van der Waals surface area contributed by atoms with Crippen LogP contribution in [0.25, 0.3) is 0 Å². The van der Waals surface area contributed by atoms with Gasteiger partial charge in [-0.3, -0.25) is 19.3 Å². The number of carboxylic acid groups (broad SMARTS) is 1. The van der Waals surface area contributed by atoms with Crippen molar-refractivity contribution in [2.75, 3.05) is 0 Å². The van der Waals surface area contributed by atoms with E-state index in [2.05, 4.69) is 0 Å². The lowest BCUT2D eigenvalue weighted by Crippen LogP contribution is -2.46. The summed E-state index contributed by atoms with van der Waals surface area (Å²) in [6.07, 6.45) is 2.52. The molecular weight excluding hydrogens is 276 g/mol. The van der Waals surface area contributed by atoms with Crippen LogP contribution in [0.5, 0.6) is 0 Å². The Bertz CT molecular complexity index is 503. The van der Waals surface area contributed by atoms with Crippen LogP contribution in [0, 0.1) is 23.7 Å². The molecule has 1 aliphatic heterocycles. The predicted molar refractivity (Wildman–Crippen MR) is 69.5 cm³/mol. The van der Waals surface area contributed by atoms with Crippen LogP contribution in [0.4, 0.5) is 0 Å². The largest absolute Gasteiger partial charge is 0.480 e. The topological polar surface area (TPSA) is 118 Å². The Morgan fingerprint density at radius 2 is 1.71 bits per heavy atom. The molecule has 0 aromatic heterocycles. The molecule has 114 valence electrons. The summed E-state index contributed by atoms with van der Waals surface area (Å²) in [5.41, 5.74) is 5.03. The van der Waals surface area contributed by atoms with E-state index in [0.29, 0.717) is 0 Å². The molecule has 0 aromatic rings. The van der Waals surface area contributed by atoms with Gasteiger partial charge < -0.3 is 10.8 Å². The molecular formula is C14H18N2O5. The smallest absolute Gasteiger partial charge is 0.326 e. The summed E-state index contributed by atoms with van der Waals surface area (Å²) in [7, 11) is 0. The number of nitrogens with two attached hydrogens (primary N) is 1. The highest BCUT2D eigenvalue weighted by molar-refractivity contribution is 6.08. The Kier molecular flexibility index (Phi) is 3.22. The highest BCUT2D eigenvalue weighted by atomic mass is 16.4. The Morgan fingerprint density at radius 1 is 1.19 bits per heavy atom. The minimum atomic E-state index is -1.28. The first-order valence-electron chi connectivity index (χ1n) is 7.30. The summed E-state index contributed by atoms with van der Waals surface area (Å²) < 4.78 is 0. The SMILES string of the molecule is NC(=O)CC[C@@H](C(=O)O)N1C(=O)[C@@H]2[C@H]3CC[C@@H](C3)[C@H]2C1=O. The first kappa shape index (κ1) is 14.0. The van der Waals surface area contributed by atoms with Gasteiger partial charge >= 0.3 is 5.97 Å². The fourth-order valence-corrected chi connectivity index (χ4v) is 4.38. The summed E-state index contributed by atoms with van der Waals surface area (Å²) in [4.78, 5) is 48.1. The van der Waals surface area contributed by atoms with Gasteiger partial charge in [0.1, 0.15) is 6.04 Å². The zero-order valence-electron chi connectivity index (χ0n) is 11.5. The molecule has 2 saturated carbocycles. The monoisotopic (exact) mass is 294 g/mol. The van der Waals surface area contributed by atoms with Gasteiger partial charge in [0.05, 0.1) is 11.8 Å². The molecule has 3 rings (SSSR count). The zero-order valence-corrected chi connectivity index (χ0v) is 11.5. The third kappa shape index (κ3) is 2.02. The maximum atomic E-state index is 12.5. The molecule has 2 aliphatic carbocycles. The number of carbonyl (C=O) groups excluding carboxylic acids is 3. The number of rotatable bonds is 5. The van der Waals surface area contributed by atoms with Crippen LogP contribution in [-0.4, -0.2) is 39.7 Å². The van der Waals surface area contributed by atoms with Gasteiger partial charge in [0.2, 0.25) is 17.7 Å². The Labute approximate surface area is 121 Å². The normalized spacial score (nSPS) is 35.1. The quantitative estimate of drug-likeness (QED) is 0.677. The van der Waals surface area contributed by atoms with Gasteiger partial charge in [-0.25, -0.2) is 4.79 Å². The fourth-order valence-electron chi connectivity index (χ4n) is 4.38. The molecule has 0 unspecified atom stereocenters. The lowest BCUT2D eigenvalue weighted by atomic mass is 9.81. The number of carboxylic acids is 1. The van der Waals surface area contributed by atoms with E-state index in [0.717, 1.165) is 24.2 Å². The van der Waals surface area contributed by atoms with E-state index in [9.17, 15) is 24.3 Å². The second-order valence-corrected chi connectivity index (χ2v) is 6.29. The summed E-state index contributed by atoms with van der Waals surface area (Å²) in [6, 6.07) is -1.28. The summed E-state index contributed by atoms with van der Waals surface area (Å²) in [5, 5.41) is 9.29. The third-order valence-corrected chi connectivity index (χ3v) is 5.22. The van der Waals surface area contributed by atoms with E-state index in [1.165, 1.54) is 0 Å². The third-order valence-electron chi connectivity index (χ3n) is 5.22. The molecule has 0 aromatic carbocycles. The van der Waals surface area contributed by atoms with Crippen molar-refractivity contribution in [1.82, 2.24) is 4.90 Å². The average Bonchev–Trinajstić information content (AvgIpc) is 3.06. The number of fused-ring (bicyclic) bond motifs is 5. The van der Waals surface area contributed by atoms with Gasteiger partial charge in [0.25, 0.3) is 0 Å². The second kappa shape index (κ2) is 4.82. The average molecular weight is 294 g/mol. The van der Waals surface area contributed by atoms with Crippen molar-refractivity contribution in [3.8, 4) is 0 Å². The van der Waals surface area contributed by atoms with Crippen molar-refractivity contribution >= 4 is 23.7 Å². The minimum absolute atomic E-state index is 0.114. The number of aliphatic carboxylic acids is 1. The lowest BCUT2D eigenvalue weighted by Gasteiger charge is -2.24. The van der Waals surface area contributed by atoms with E-state index in [1.54, 1.807) is 0 Å². The summed E-state index contributed by atoms with van der Waals surface area (Å²) >= 11 is 0. The molecule has 2 bridgehead atoms. The van der Waals surface area contributed by atoms with E-state index in [1.807, 2.05) is 0 Å². The zero-order chi connectivity index (χ0) is 15.3. The number of carbonyl (C=O) groups is 4. The van der Waals surface area contributed by atoms with Gasteiger partial charge in [-0.2, -0.15) is 0 Å².